The summed E-state index contributed by atoms with van der Waals surface area (Å²) in [4.78, 5) is 0. The molecule has 1 atom stereocenters. The van der Waals surface area contributed by atoms with Crippen LogP contribution in [0.4, 0.5) is 15.8 Å². The summed E-state index contributed by atoms with van der Waals surface area (Å²) in [6.45, 7) is 5.72. The molecule has 0 fully saturated rings. The molecule has 0 bridgehead atoms. The van der Waals surface area contributed by atoms with Crippen LogP contribution >= 0.6 is 15.9 Å². The first-order valence-electron chi connectivity index (χ1n) is 6.46. The van der Waals surface area contributed by atoms with Gasteiger partial charge in [0.1, 0.15) is 5.82 Å². The van der Waals surface area contributed by atoms with Crippen LogP contribution in [-0.4, -0.2) is 0 Å². The second-order valence-electron chi connectivity index (χ2n) is 5.06. The predicted octanol–water partition coefficient (Wildman–Crippen LogP) is 4.96. The number of rotatable bonds is 3. The summed E-state index contributed by atoms with van der Waals surface area (Å²) >= 11 is 3.49. The second-order valence-corrected chi connectivity index (χ2v) is 5.92. The highest BCUT2D eigenvalue weighted by molar-refractivity contribution is 9.10. The third-order valence-electron chi connectivity index (χ3n) is 3.42. The summed E-state index contributed by atoms with van der Waals surface area (Å²) in [5.41, 5.74) is 10.1. The van der Waals surface area contributed by atoms with Gasteiger partial charge in [0, 0.05) is 21.9 Å². The summed E-state index contributed by atoms with van der Waals surface area (Å²) < 4.78 is 14.5. The first-order valence-corrected chi connectivity index (χ1v) is 7.26. The summed E-state index contributed by atoms with van der Waals surface area (Å²) in [7, 11) is 0. The Morgan fingerprint density at radius 1 is 1.15 bits per heavy atom. The molecule has 0 saturated heterocycles. The number of hydrogen-bond acceptors (Lipinski definition) is 2. The number of anilines is 2. The second kappa shape index (κ2) is 5.83. The molecule has 106 valence electrons. The van der Waals surface area contributed by atoms with E-state index >= 15 is 0 Å². The molecule has 3 N–H and O–H groups in total. The van der Waals surface area contributed by atoms with Gasteiger partial charge in [-0.25, -0.2) is 4.39 Å². The maximum atomic E-state index is 13.6. The molecular formula is C16H18BrFN2. The Balaban J connectivity index is 2.25. The van der Waals surface area contributed by atoms with Gasteiger partial charge in [0.2, 0.25) is 0 Å². The van der Waals surface area contributed by atoms with Gasteiger partial charge < -0.3 is 11.1 Å². The van der Waals surface area contributed by atoms with Crippen molar-refractivity contribution in [3.05, 3.63) is 57.3 Å². The van der Waals surface area contributed by atoms with Crippen molar-refractivity contribution in [2.45, 2.75) is 26.8 Å². The van der Waals surface area contributed by atoms with Crippen LogP contribution in [0.3, 0.4) is 0 Å². The highest BCUT2D eigenvalue weighted by atomic mass is 79.9. The number of nitrogens with two attached hydrogens (primary N) is 1. The first-order chi connectivity index (χ1) is 9.38. The zero-order valence-electron chi connectivity index (χ0n) is 11.8. The van der Waals surface area contributed by atoms with Crippen LogP contribution in [-0.2, 0) is 0 Å². The minimum atomic E-state index is -0.177. The minimum absolute atomic E-state index is 0.00410. The van der Waals surface area contributed by atoms with Crippen LogP contribution in [0, 0.1) is 19.7 Å². The van der Waals surface area contributed by atoms with Gasteiger partial charge in [-0.3, -0.25) is 0 Å². The van der Waals surface area contributed by atoms with Crippen LogP contribution in [0.15, 0.2) is 34.8 Å². The van der Waals surface area contributed by atoms with E-state index in [0.717, 1.165) is 27.0 Å². The Labute approximate surface area is 127 Å². The van der Waals surface area contributed by atoms with Gasteiger partial charge >= 0.3 is 0 Å². The summed E-state index contributed by atoms with van der Waals surface area (Å²) in [6, 6.07) is 9.18. The normalized spacial score (nSPS) is 12.2. The van der Waals surface area contributed by atoms with Gasteiger partial charge in [-0.15, -0.1) is 0 Å². The average Bonchev–Trinajstić information content (AvgIpc) is 2.39. The van der Waals surface area contributed by atoms with Crippen LogP contribution in [0.25, 0.3) is 0 Å². The van der Waals surface area contributed by atoms with Gasteiger partial charge in [-0.1, -0.05) is 12.1 Å². The first kappa shape index (κ1) is 14.9. The van der Waals surface area contributed by atoms with Gasteiger partial charge in [-0.05, 0) is 71.6 Å². The number of nitrogens with one attached hydrogen (secondary N) is 1. The Morgan fingerprint density at radius 2 is 1.85 bits per heavy atom. The average molecular weight is 337 g/mol. The van der Waals surface area contributed by atoms with Gasteiger partial charge in [-0.2, -0.15) is 0 Å². The van der Waals surface area contributed by atoms with Crippen molar-refractivity contribution in [2.24, 2.45) is 0 Å². The fraction of sp³-hybridized carbons (Fsp3) is 0.250. The molecule has 0 spiro atoms. The largest absolute Gasteiger partial charge is 0.398 e. The van der Waals surface area contributed by atoms with Crippen molar-refractivity contribution in [2.75, 3.05) is 11.1 Å². The molecule has 4 heteroatoms. The molecule has 2 aromatic rings. The van der Waals surface area contributed by atoms with Crippen LogP contribution in [0.1, 0.15) is 29.7 Å². The van der Waals surface area contributed by atoms with E-state index in [1.165, 1.54) is 0 Å². The number of aryl methyl sites for hydroxylation is 2. The molecule has 2 rings (SSSR count). The summed E-state index contributed by atoms with van der Waals surface area (Å²) in [5, 5.41) is 3.37. The highest BCUT2D eigenvalue weighted by Crippen LogP contribution is 2.30. The summed E-state index contributed by atoms with van der Waals surface area (Å²) in [6.07, 6.45) is 0. The Kier molecular flexibility index (Phi) is 4.33. The van der Waals surface area contributed by atoms with Crippen molar-refractivity contribution in [1.82, 2.24) is 0 Å². The van der Waals surface area contributed by atoms with Crippen molar-refractivity contribution < 1.29 is 4.39 Å². The fourth-order valence-electron chi connectivity index (χ4n) is 2.00. The fourth-order valence-corrected chi connectivity index (χ4v) is 2.48. The monoisotopic (exact) mass is 336 g/mol. The Hall–Kier alpha value is -1.55. The molecule has 0 aliphatic rings. The molecule has 2 nitrogen and oxygen atoms in total. The Bertz CT molecular complexity index is 641. The quantitative estimate of drug-likeness (QED) is 0.777. The Morgan fingerprint density at radius 3 is 2.50 bits per heavy atom. The standard InChI is InChI=1S/C16H18BrFN2/c1-9-4-5-12(7-14(9)18)11(3)20-16-6-10(2)15(19)8-13(16)17/h4-8,11,20H,19H2,1-3H3. The maximum absolute atomic E-state index is 13.6. The molecule has 2 aromatic carbocycles. The highest BCUT2D eigenvalue weighted by Gasteiger charge is 2.10. The molecule has 1 unspecified atom stereocenters. The number of nitrogen functional groups attached to an aromatic ring is 1. The zero-order valence-corrected chi connectivity index (χ0v) is 13.4. The third-order valence-corrected chi connectivity index (χ3v) is 4.08. The predicted molar refractivity (Wildman–Crippen MR) is 86.5 cm³/mol. The van der Waals surface area contributed by atoms with Gasteiger partial charge in [0.05, 0.1) is 0 Å². The molecule has 0 aromatic heterocycles. The molecule has 0 saturated carbocycles. The van der Waals surface area contributed by atoms with Crippen LogP contribution in [0.2, 0.25) is 0 Å². The number of hydrogen-bond donors (Lipinski definition) is 2. The molecule has 20 heavy (non-hydrogen) atoms. The third kappa shape index (κ3) is 3.12. The maximum Gasteiger partial charge on any atom is 0.126 e. The van der Waals surface area contributed by atoms with Crippen LogP contribution in [0.5, 0.6) is 0 Å². The topological polar surface area (TPSA) is 38.0 Å². The summed E-state index contributed by atoms with van der Waals surface area (Å²) in [5.74, 6) is -0.177. The van der Waals surface area contributed by atoms with E-state index in [9.17, 15) is 4.39 Å². The molecule has 0 heterocycles. The van der Waals surface area contributed by atoms with E-state index in [-0.39, 0.29) is 11.9 Å². The molecule has 0 aliphatic carbocycles. The van der Waals surface area contributed by atoms with Gasteiger partial charge in [0.15, 0.2) is 0 Å². The number of halogens is 2. The van der Waals surface area contributed by atoms with Crippen LogP contribution < -0.4 is 11.1 Å². The van der Waals surface area contributed by atoms with Crippen molar-refractivity contribution >= 4 is 27.3 Å². The van der Waals surface area contributed by atoms with Crippen molar-refractivity contribution in [1.29, 1.82) is 0 Å². The zero-order chi connectivity index (χ0) is 14.9. The minimum Gasteiger partial charge on any atom is -0.398 e. The lowest BCUT2D eigenvalue weighted by Crippen LogP contribution is -2.08. The smallest absolute Gasteiger partial charge is 0.126 e. The van der Waals surface area contributed by atoms with E-state index in [1.54, 1.807) is 19.1 Å². The molecular weight excluding hydrogens is 319 g/mol. The van der Waals surface area contributed by atoms with E-state index in [0.29, 0.717) is 5.56 Å². The SMILES string of the molecule is Cc1cc(NC(C)c2ccc(C)c(F)c2)c(Br)cc1N. The lowest BCUT2D eigenvalue weighted by atomic mass is 10.1. The molecule has 0 amide bonds. The van der Waals surface area contributed by atoms with Crippen molar-refractivity contribution in [3.8, 4) is 0 Å². The van der Waals surface area contributed by atoms with Gasteiger partial charge in [0.25, 0.3) is 0 Å². The van der Waals surface area contributed by atoms with E-state index in [4.69, 9.17) is 5.73 Å². The number of benzene rings is 2. The van der Waals surface area contributed by atoms with Crippen molar-refractivity contribution in [3.63, 3.8) is 0 Å². The van der Waals surface area contributed by atoms with E-state index < -0.39 is 0 Å². The molecule has 0 radical (unpaired) electrons. The van der Waals surface area contributed by atoms with E-state index in [2.05, 4.69) is 21.2 Å². The van der Waals surface area contributed by atoms with E-state index in [1.807, 2.05) is 32.0 Å². The molecule has 0 aliphatic heterocycles. The lowest BCUT2D eigenvalue weighted by Gasteiger charge is -2.18. The lowest BCUT2D eigenvalue weighted by molar-refractivity contribution is 0.614.